The molecular weight excluding hydrogens is 250 g/mol. The monoisotopic (exact) mass is 257 g/mol. The Morgan fingerprint density at radius 1 is 1.50 bits per heavy atom. The van der Waals surface area contributed by atoms with Gasteiger partial charge in [-0.05, 0) is 11.8 Å². The molecule has 2 aromatic heterocycles. The number of hydrogen-bond donors (Lipinski definition) is 1. The number of halogens is 1. The number of methoxy groups -OCH3 is 1. The van der Waals surface area contributed by atoms with E-state index in [9.17, 15) is 0 Å². The second kappa shape index (κ2) is 5.24. The van der Waals surface area contributed by atoms with Crippen LogP contribution in [0.3, 0.4) is 0 Å². The first-order valence-electron chi connectivity index (χ1n) is 4.33. The lowest BCUT2D eigenvalue weighted by Gasteiger charge is -2.02. The number of hydrogen-bond acceptors (Lipinski definition) is 6. The van der Waals surface area contributed by atoms with E-state index in [1.165, 1.54) is 18.1 Å². The molecule has 0 saturated carbocycles. The quantitative estimate of drug-likeness (QED) is 0.838. The van der Waals surface area contributed by atoms with Crippen molar-refractivity contribution >= 4 is 23.4 Å². The Kier molecular flexibility index (Phi) is 3.70. The zero-order valence-electron chi connectivity index (χ0n) is 8.35. The molecule has 0 fully saturated rings. The number of nitrogens with one attached hydrogen (secondary N) is 1. The van der Waals surface area contributed by atoms with Crippen molar-refractivity contribution in [2.45, 2.75) is 16.8 Å². The van der Waals surface area contributed by atoms with Crippen molar-refractivity contribution in [3.8, 4) is 0 Å². The zero-order valence-corrected chi connectivity index (χ0v) is 9.92. The Labute approximate surface area is 101 Å². The molecular formula is C8H8ClN5OS. The molecule has 1 N–H and O–H groups in total. The standard InChI is InChI=1S/C8H8ClN5OS/c1-15-3-6-12-5(9)2-7(13-6)16-8-10-4-11-14-8/h2,4H,3H2,1H3,(H,10,11,14). The topological polar surface area (TPSA) is 76.6 Å². The van der Waals surface area contributed by atoms with E-state index < -0.39 is 0 Å². The summed E-state index contributed by atoms with van der Waals surface area (Å²) in [5.74, 6) is 0.539. The molecule has 6 nitrogen and oxygen atoms in total. The summed E-state index contributed by atoms with van der Waals surface area (Å²) in [6.45, 7) is 0.324. The zero-order chi connectivity index (χ0) is 11.4. The highest BCUT2D eigenvalue weighted by Gasteiger charge is 2.06. The third-order valence-electron chi connectivity index (χ3n) is 1.59. The Morgan fingerprint density at radius 2 is 2.38 bits per heavy atom. The van der Waals surface area contributed by atoms with Gasteiger partial charge in [0.05, 0.1) is 0 Å². The van der Waals surface area contributed by atoms with E-state index in [1.54, 1.807) is 13.2 Å². The third-order valence-corrected chi connectivity index (χ3v) is 2.59. The average molecular weight is 258 g/mol. The van der Waals surface area contributed by atoms with E-state index in [0.29, 0.717) is 27.8 Å². The lowest BCUT2D eigenvalue weighted by Crippen LogP contribution is -1.98. The molecule has 0 spiro atoms. The summed E-state index contributed by atoms with van der Waals surface area (Å²) in [5, 5.41) is 8.19. The van der Waals surface area contributed by atoms with Crippen LogP contribution in [0.1, 0.15) is 5.82 Å². The molecule has 0 aliphatic rings. The molecule has 0 radical (unpaired) electrons. The summed E-state index contributed by atoms with van der Waals surface area (Å²) in [5.41, 5.74) is 0. The molecule has 2 rings (SSSR count). The van der Waals surface area contributed by atoms with Gasteiger partial charge in [-0.15, -0.1) is 0 Å². The summed E-state index contributed by atoms with van der Waals surface area (Å²) >= 11 is 7.19. The summed E-state index contributed by atoms with van der Waals surface area (Å²) in [4.78, 5) is 12.3. The molecule has 8 heteroatoms. The van der Waals surface area contributed by atoms with E-state index in [1.807, 2.05) is 0 Å². The van der Waals surface area contributed by atoms with Gasteiger partial charge in [0.15, 0.2) is 11.0 Å². The van der Waals surface area contributed by atoms with E-state index >= 15 is 0 Å². The van der Waals surface area contributed by atoms with Crippen molar-refractivity contribution in [1.82, 2.24) is 25.1 Å². The van der Waals surface area contributed by atoms with Crippen LogP contribution in [0.15, 0.2) is 22.6 Å². The van der Waals surface area contributed by atoms with E-state index in [0.717, 1.165) is 0 Å². The van der Waals surface area contributed by atoms with Gasteiger partial charge in [0.25, 0.3) is 0 Å². The summed E-state index contributed by atoms with van der Waals surface area (Å²) in [6.07, 6.45) is 1.43. The number of nitrogens with zero attached hydrogens (tertiary/aromatic N) is 4. The molecule has 84 valence electrons. The molecule has 0 bridgehead atoms. The van der Waals surface area contributed by atoms with Crippen molar-refractivity contribution in [3.63, 3.8) is 0 Å². The fraction of sp³-hybridized carbons (Fsp3) is 0.250. The Hall–Kier alpha value is -1.18. The van der Waals surface area contributed by atoms with Crippen molar-refractivity contribution in [2.75, 3.05) is 7.11 Å². The van der Waals surface area contributed by atoms with Crippen LogP contribution >= 0.6 is 23.4 Å². The second-order valence-corrected chi connectivity index (χ2v) is 4.17. The predicted octanol–water partition coefficient (Wildman–Crippen LogP) is 1.55. The molecule has 0 aromatic carbocycles. The molecule has 0 aliphatic carbocycles. The molecule has 0 atom stereocenters. The van der Waals surface area contributed by atoms with Crippen LogP contribution in [0, 0.1) is 0 Å². The maximum Gasteiger partial charge on any atom is 0.189 e. The Balaban J connectivity index is 2.20. The van der Waals surface area contributed by atoms with Gasteiger partial charge in [-0.2, -0.15) is 5.10 Å². The molecule has 0 unspecified atom stereocenters. The first kappa shape index (κ1) is 11.3. The Morgan fingerprint density at radius 3 is 3.06 bits per heavy atom. The molecule has 0 amide bonds. The molecule has 2 heterocycles. The number of aromatic nitrogens is 5. The first-order chi connectivity index (χ1) is 7.78. The molecule has 16 heavy (non-hydrogen) atoms. The maximum atomic E-state index is 5.86. The normalized spacial score (nSPS) is 10.6. The third kappa shape index (κ3) is 2.91. The highest BCUT2D eigenvalue weighted by molar-refractivity contribution is 7.99. The highest BCUT2D eigenvalue weighted by Crippen LogP contribution is 2.23. The van der Waals surface area contributed by atoms with Crippen molar-refractivity contribution in [2.24, 2.45) is 0 Å². The van der Waals surface area contributed by atoms with Gasteiger partial charge in [0.2, 0.25) is 0 Å². The van der Waals surface area contributed by atoms with Gasteiger partial charge in [0, 0.05) is 13.2 Å². The Bertz CT molecular complexity index is 463. The maximum absolute atomic E-state index is 5.86. The van der Waals surface area contributed by atoms with E-state index in [2.05, 4.69) is 25.1 Å². The molecule has 0 saturated heterocycles. The fourth-order valence-electron chi connectivity index (χ4n) is 1.03. The van der Waals surface area contributed by atoms with Crippen LogP contribution < -0.4 is 0 Å². The van der Waals surface area contributed by atoms with E-state index in [-0.39, 0.29) is 0 Å². The van der Waals surface area contributed by atoms with Gasteiger partial charge in [-0.3, -0.25) is 5.10 Å². The van der Waals surface area contributed by atoms with Crippen LogP contribution in [0.2, 0.25) is 5.15 Å². The number of rotatable bonds is 4. The van der Waals surface area contributed by atoms with Crippen LogP contribution in [0.5, 0.6) is 0 Å². The smallest absolute Gasteiger partial charge is 0.189 e. The molecule has 2 aromatic rings. The average Bonchev–Trinajstić information content (AvgIpc) is 2.70. The van der Waals surface area contributed by atoms with Gasteiger partial charge in [-0.1, -0.05) is 11.6 Å². The van der Waals surface area contributed by atoms with Crippen LogP contribution in [0.25, 0.3) is 0 Å². The number of aromatic amines is 1. The minimum absolute atomic E-state index is 0.324. The minimum Gasteiger partial charge on any atom is -0.377 e. The lowest BCUT2D eigenvalue weighted by atomic mass is 10.6. The summed E-state index contributed by atoms with van der Waals surface area (Å²) in [7, 11) is 1.58. The highest BCUT2D eigenvalue weighted by atomic mass is 35.5. The minimum atomic E-state index is 0.324. The van der Waals surface area contributed by atoms with Crippen LogP contribution in [-0.2, 0) is 11.3 Å². The SMILES string of the molecule is COCc1nc(Cl)cc(Sc2ncn[nH]2)n1. The lowest BCUT2D eigenvalue weighted by molar-refractivity contribution is 0.177. The van der Waals surface area contributed by atoms with Gasteiger partial charge >= 0.3 is 0 Å². The van der Waals surface area contributed by atoms with Crippen molar-refractivity contribution in [3.05, 3.63) is 23.4 Å². The van der Waals surface area contributed by atoms with Crippen LogP contribution in [0.4, 0.5) is 0 Å². The number of ether oxygens (including phenoxy) is 1. The first-order valence-corrected chi connectivity index (χ1v) is 5.53. The number of H-pyrrole nitrogens is 1. The van der Waals surface area contributed by atoms with Crippen molar-refractivity contribution < 1.29 is 4.74 Å². The molecule has 0 aliphatic heterocycles. The largest absolute Gasteiger partial charge is 0.377 e. The van der Waals surface area contributed by atoms with E-state index in [4.69, 9.17) is 16.3 Å². The van der Waals surface area contributed by atoms with Gasteiger partial charge in [-0.25, -0.2) is 15.0 Å². The van der Waals surface area contributed by atoms with Crippen molar-refractivity contribution in [1.29, 1.82) is 0 Å². The van der Waals surface area contributed by atoms with Gasteiger partial charge in [0.1, 0.15) is 23.1 Å². The van der Waals surface area contributed by atoms with Gasteiger partial charge < -0.3 is 4.74 Å². The summed E-state index contributed by atoms with van der Waals surface area (Å²) in [6, 6.07) is 1.66. The predicted molar refractivity (Wildman–Crippen MR) is 58.3 cm³/mol. The fourth-order valence-corrected chi connectivity index (χ4v) is 2.01. The second-order valence-electron chi connectivity index (χ2n) is 2.77. The van der Waals surface area contributed by atoms with Crippen LogP contribution in [-0.4, -0.2) is 32.3 Å². The summed E-state index contributed by atoms with van der Waals surface area (Å²) < 4.78 is 4.94.